The molecule has 1 N–H and O–H groups in total. The molecule has 4 nitrogen and oxygen atoms in total. The number of halogens is 3. The molecular weight excluding hydrogens is 345 g/mol. The van der Waals surface area contributed by atoms with E-state index in [1.54, 1.807) is 19.2 Å². The molecular formula is C19H15F3N2O2. The molecule has 0 spiro atoms. The van der Waals surface area contributed by atoms with E-state index in [1.807, 2.05) is 24.3 Å². The molecule has 0 saturated carbocycles. The molecule has 26 heavy (non-hydrogen) atoms. The Bertz CT molecular complexity index is 919. The number of pyridine rings is 1. The van der Waals surface area contributed by atoms with E-state index in [0.717, 1.165) is 5.39 Å². The molecule has 1 unspecified atom stereocenters. The normalized spacial score (nSPS) is 12.6. The molecule has 3 aromatic rings. The van der Waals surface area contributed by atoms with Gasteiger partial charge in [0.2, 0.25) is 0 Å². The van der Waals surface area contributed by atoms with E-state index in [9.17, 15) is 18.0 Å². The quantitative estimate of drug-likeness (QED) is 0.738. The predicted octanol–water partition coefficient (Wildman–Crippen LogP) is 4.62. The first-order valence-electron chi connectivity index (χ1n) is 7.84. The zero-order valence-corrected chi connectivity index (χ0v) is 13.7. The van der Waals surface area contributed by atoms with Gasteiger partial charge in [-0.3, -0.25) is 9.78 Å². The van der Waals surface area contributed by atoms with Crippen LogP contribution in [0.2, 0.25) is 0 Å². The Morgan fingerprint density at radius 2 is 1.77 bits per heavy atom. The van der Waals surface area contributed by atoms with Crippen LogP contribution in [0.3, 0.4) is 0 Å². The Hall–Kier alpha value is -3.09. The largest absolute Gasteiger partial charge is 0.573 e. The maximum atomic E-state index is 12.6. The third kappa shape index (κ3) is 4.11. The number of hydrogen-bond acceptors (Lipinski definition) is 3. The van der Waals surface area contributed by atoms with Crippen molar-refractivity contribution in [2.24, 2.45) is 0 Å². The minimum absolute atomic E-state index is 0.285. The van der Waals surface area contributed by atoms with Crippen molar-refractivity contribution < 1.29 is 22.7 Å². The number of rotatable bonds is 4. The fourth-order valence-electron chi connectivity index (χ4n) is 2.61. The van der Waals surface area contributed by atoms with Crippen LogP contribution in [0.25, 0.3) is 10.9 Å². The smallest absolute Gasteiger partial charge is 0.406 e. The Morgan fingerprint density at radius 3 is 2.46 bits per heavy atom. The third-order valence-electron chi connectivity index (χ3n) is 3.85. The van der Waals surface area contributed by atoms with Gasteiger partial charge in [-0.2, -0.15) is 0 Å². The Balaban J connectivity index is 1.75. The van der Waals surface area contributed by atoms with Crippen molar-refractivity contribution in [2.75, 3.05) is 0 Å². The number of fused-ring (bicyclic) bond motifs is 1. The van der Waals surface area contributed by atoms with Gasteiger partial charge in [-0.15, -0.1) is 13.2 Å². The summed E-state index contributed by atoms with van der Waals surface area (Å²) in [6.45, 7) is 1.75. The molecule has 1 amide bonds. The highest BCUT2D eigenvalue weighted by Crippen LogP contribution is 2.25. The summed E-state index contributed by atoms with van der Waals surface area (Å²) in [7, 11) is 0. The molecule has 7 heteroatoms. The summed E-state index contributed by atoms with van der Waals surface area (Å²) in [6, 6.07) is 13.9. The van der Waals surface area contributed by atoms with Gasteiger partial charge in [0.25, 0.3) is 5.91 Å². The Morgan fingerprint density at radius 1 is 1.08 bits per heavy atom. The van der Waals surface area contributed by atoms with E-state index < -0.39 is 12.4 Å². The van der Waals surface area contributed by atoms with Crippen LogP contribution in [0.4, 0.5) is 13.2 Å². The predicted molar refractivity (Wildman–Crippen MR) is 90.7 cm³/mol. The second-order valence-corrected chi connectivity index (χ2v) is 5.69. The lowest BCUT2D eigenvalue weighted by Crippen LogP contribution is -2.26. The molecule has 0 saturated heterocycles. The van der Waals surface area contributed by atoms with Crippen LogP contribution in [-0.2, 0) is 0 Å². The average Bonchev–Trinajstić information content (AvgIpc) is 2.60. The molecule has 3 rings (SSSR count). The van der Waals surface area contributed by atoms with Gasteiger partial charge >= 0.3 is 6.36 Å². The van der Waals surface area contributed by atoms with Crippen molar-refractivity contribution in [3.8, 4) is 5.75 Å². The summed E-state index contributed by atoms with van der Waals surface area (Å²) in [5, 5.41) is 3.57. The summed E-state index contributed by atoms with van der Waals surface area (Å²) >= 11 is 0. The minimum Gasteiger partial charge on any atom is -0.406 e. The summed E-state index contributed by atoms with van der Waals surface area (Å²) in [5.41, 5.74) is 1.85. The van der Waals surface area contributed by atoms with E-state index in [0.29, 0.717) is 16.6 Å². The van der Waals surface area contributed by atoms with Crippen LogP contribution < -0.4 is 10.1 Å². The monoisotopic (exact) mass is 360 g/mol. The zero-order chi connectivity index (χ0) is 18.7. The maximum Gasteiger partial charge on any atom is 0.573 e. The Kier molecular flexibility index (Phi) is 4.79. The summed E-state index contributed by atoms with van der Waals surface area (Å²) in [4.78, 5) is 16.8. The van der Waals surface area contributed by atoms with E-state index >= 15 is 0 Å². The van der Waals surface area contributed by atoms with Crippen molar-refractivity contribution in [3.05, 3.63) is 71.9 Å². The van der Waals surface area contributed by atoms with Gasteiger partial charge in [-0.05, 0) is 36.8 Å². The van der Waals surface area contributed by atoms with Gasteiger partial charge in [0, 0.05) is 11.6 Å². The molecule has 1 aromatic heterocycles. The van der Waals surface area contributed by atoms with Gasteiger partial charge in [0.05, 0.1) is 17.1 Å². The lowest BCUT2D eigenvalue weighted by Gasteiger charge is -2.16. The van der Waals surface area contributed by atoms with E-state index in [4.69, 9.17) is 0 Å². The van der Waals surface area contributed by atoms with Crippen LogP contribution in [-0.4, -0.2) is 17.3 Å². The highest BCUT2D eigenvalue weighted by Gasteiger charge is 2.31. The standard InChI is InChI=1S/C19H15F3N2O2/c1-12(13-6-8-14(9-7-13)26-19(20,21)22)24-18(25)16-10-11-23-17-5-3-2-4-15(16)17/h2-12H,1H3,(H,24,25). The number of alkyl halides is 3. The molecule has 0 fully saturated rings. The summed E-state index contributed by atoms with van der Waals surface area (Å²) in [5.74, 6) is -0.591. The average molecular weight is 360 g/mol. The molecule has 0 aliphatic carbocycles. The molecule has 0 radical (unpaired) electrons. The van der Waals surface area contributed by atoms with Crippen LogP contribution in [0.5, 0.6) is 5.75 Å². The number of amides is 1. The summed E-state index contributed by atoms with van der Waals surface area (Å²) in [6.07, 6.45) is -3.17. The third-order valence-corrected chi connectivity index (χ3v) is 3.85. The minimum atomic E-state index is -4.73. The first kappa shape index (κ1) is 17.7. The summed E-state index contributed by atoms with van der Waals surface area (Å²) < 4.78 is 40.5. The van der Waals surface area contributed by atoms with Gasteiger partial charge < -0.3 is 10.1 Å². The van der Waals surface area contributed by atoms with Crippen LogP contribution in [0, 0.1) is 0 Å². The van der Waals surface area contributed by atoms with Gasteiger partial charge in [-0.1, -0.05) is 30.3 Å². The van der Waals surface area contributed by atoms with Crippen molar-refractivity contribution in [2.45, 2.75) is 19.3 Å². The maximum absolute atomic E-state index is 12.6. The topological polar surface area (TPSA) is 51.2 Å². The number of nitrogens with zero attached hydrogens (tertiary/aromatic N) is 1. The van der Waals surface area contributed by atoms with Crippen molar-refractivity contribution in [1.82, 2.24) is 10.3 Å². The second kappa shape index (κ2) is 7.03. The van der Waals surface area contributed by atoms with Crippen molar-refractivity contribution in [1.29, 1.82) is 0 Å². The first-order valence-corrected chi connectivity index (χ1v) is 7.84. The fraction of sp³-hybridized carbons (Fsp3) is 0.158. The van der Waals surface area contributed by atoms with Crippen LogP contribution >= 0.6 is 0 Å². The zero-order valence-electron chi connectivity index (χ0n) is 13.7. The number of nitrogens with one attached hydrogen (secondary N) is 1. The molecule has 0 bridgehead atoms. The second-order valence-electron chi connectivity index (χ2n) is 5.69. The molecule has 0 aliphatic heterocycles. The van der Waals surface area contributed by atoms with E-state index in [1.165, 1.54) is 24.3 Å². The fourth-order valence-corrected chi connectivity index (χ4v) is 2.61. The molecule has 0 aliphatic rings. The van der Waals surface area contributed by atoms with Gasteiger partial charge in [0.1, 0.15) is 5.75 Å². The van der Waals surface area contributed by atoms with Gasteiger partial charge in [-0.25, -0.2) is 0 Å². The van der Waals surface area contributed by atoms with Crippen molar-refractivity contribution >= 4 is 16.8 Å². The first-order chi connectivity index (χ1) is 12.3. The highest BCUT2D eigenvalue weighted by atomic mass is 19.4. The highest BCUT2D eigenvalue weighted by molar-refractivity contribution is 6.06. The van der Waals surface area contributed by atoms with Gasteiger partial charge in [0.15, 0.2) is 0 Å². The number of para-hydroxylation sites is 1. The number of ether oxygens (including phenoxy) is 1. The molecule has 134 valence electrons. The number of aromatic nitrogens is 1. The number of carbonyl (C=O) groups is 1. The lowest BCUT2D eigenvalue weighted by atomic mass is 10.1. The SMILES string of the molecule is CC(NC(=O)c1ccnc2ccccc12)c1ccc(OC(F)(F)F)cc1. The lowest BCUT2D eigenvalue weighted by molar-refractivity contribution is -0.274. The van der Waals surface area contributed by atoms with E-state index in [-0.39, 0.29) is 11.7 Å². The van der Waals surface area contributed by atoms with Crippen molar-refractivity contribution in [3.63, 3.8) is 0 Å². The molecule has 2 aromatic carbocycles. The number of benzene rings is 2. The van der Waals surface area contributed by atoms with Crippen LogP contribution in [0.15, 0.2) is 60.8 Å². The molecule has 1 atom stereocenters. The van der Waals surface area contributed by atoms with E-state index in [2.05, 4.69) is 15.0 Å². The van der Waals surface area contributed by atoms with Crippen LogP contribution in [0.1, 0.15) is 28.9 Å². The molecule has 1 heterocycles. The number of carbonyl (C=O) groups excluding carboxylic acids is 1. The Labute approximate surface area is 147 Å². The number of hydrogen-bond donors (Lipinski definition) is 1.